The first-order valence-electron chi connectivity index (χ1n) is 10.5. The molecule has 0 spiro atoms. The number of benzene rings is 2. The Labute approximate surface area is 191 Å². The summed E-state index contributed by atoms with van der Waals surface area (Å²) in [5.41, 5.74) is 2.54. The number of rotatable bonds is 7. The van der Waals surface area contributed by atoms with Crippen LogP contribution in [-0.4, -0.2) is 37.2 Å². The van der Waals surface area contributed by atoms with Crippen molar-refractivity contribution in [1.82, 2.24) is 23.6 Å². The second kappa shape index (κ2) is 9.14. The molecule has 0 amide bonds. The predicted molar refractivity (Wildman–Crippen MR) is 127 cm³/mol. The van der Waals surface area contributed by atoms with Gasteiger partial charge in [-0.25, -0.2) is 9.78 Å². The van der Waals surface area contributed by atoms with Gasteiger partial charge in [-0.05, 0) is 36.7 Å². The van der Waals surface area contributed by atoms with Crippen LogP contribution in [0.15, 0.2) is 70.5 Å². The lowest BCUT2D eigenvalue weighted by molar-refractivity contribution is 0.270. The van der Waals surface area contributed by atoms with Gasteiger partial charge in [-0.1, -0.05) is 54.1 Å². The summed E-state index contributed by atoms with van der Waals surface area (Å²) in [6.07, 6.45) is 2.45. The highest BCUT2D eigenvalue weighted by Crippen LogP contribution is 2.28. The summed E-state index contributed by atoms with van der Waals surface area (Å²) >= 11 is 6.10. The quantitative estimate of drug-likeness (QED) is 0.433. The van der Waals surface area contributed by atoms with Crippen molar-refractivity contribution in [2.24, 2.45) is 14.1 Å². The fraction of sp³-hybridized carbons (Fsp3) is 0.292. The molecular weight excluding hydrogens is 426 g/mol. The van der Waals surface area contributed by atoms with E-state index in [9.17, 15) is 9.59 Å². The van der Waals surface area contributed by atoms with Crippen molar-refractivity contribution in [3.63, 3.8) is 0 Å². The molecule has 4 rings (SSSR count). The summed E-state index contributed by atoms with van der Waals surface area (Å²) < 4.78 is 4.37. The first-order chi connectivity index (χ1) is 15.4. The van der Waals surface area contributed by atoms with Gasteiger partial charge >= 0.3 is 5.69 Å². The van der Waals surface area contributed by atoms with E-state index in [0.29, 0.717) is 22.7 Å². The maximum absolute atomic E-state index is 12.7. The minimum Gasteiger partial charge on any atom is -0.325 e. The Morgan fingerprint density at radius 2 is 1.62 bits per heavy atom. The summed E-state index contributed by atoms with van der Waals surface area (Å²) in [5, 5.41) is 0.714. The van der Waals surface area contributed by atoms with Crippen LogP contribution in [0, 0.1) is 0 Å². The van der Waals surface area contributed by atoms with Gasteiger partial charge in [0.05, 0.1) is 12.4 Å². The van der Waals surface area contributed by atoms with Crippen LogP contribution >= 0.6 is 11.6 Å². The molecule has 0 aliphatic carbocycles. The topological polar surface area (TPSA) is 65.1 Å². The van der Waals surface area contributed by atoms with Gasteiger partial charge in [-0.2, -0.15) is 0 Å². The van der Waals surface area contributed by atoms with Crippen LogP contribution in [0.4, 0.5) is 0 Å². The maximum atomic E-state index is 12.7. The summed E-state index contributed by atoms with van der Waals surface area (Å²) in [4.78, 5) is 31.4. The van der Waals surface area contributed by atoms with Gasteiger partial charge in [0.2, 0.25) is 0 Å². The maximum Gasteiger partial charge on any atom is 0.332 e. The van der Waals surface area contributed by atoms with E-state index in [4.69, 9.17) is 11.6 Å². The molecule has 2 aromatic heterocycles. The molecule has 0 aliphatic rings. The Bertz CT molecular complexity index is 1340. The van der Waals surface area contributed by atoms with E-state index in [1.807, 2.05) is 34.9 Å². The smallest absolute Gasteiger partial charge is 0.325 e. The third-order valence-corrected chi connectivity index (χ3v) is 6.12. The number of halogens is 1. The van der Waals surface area contributed by atoms with Crippen molar-refractivity contribution in [1.29, 1.82) is 0 Å². The lowest BCUT2D eigenvalue weighted by Crippen LogP contribution is -2.37. The van der Waals surface area contributed by atoms with Gasteiger partial charge in [-0.15, -0.1) is 0 Å². The van der Waals surface area contributed by atoms with Crippen LogP contribution in [0.1, 0.15) is 23.6 Å². The fourth-order valence-corrected chi connectivity index (χ4v) is 4.29. The van der Waals surface area contributed by atoms with Crippen molar-refractivity contribution < 1.29 is 0 Å². The molecule has 0 saturated heterocycles. The van der Waals surface area contributed by atoms with Crippen molar-refractivity contribution in [3.8, 4) is 0 Å². The summed E-state index contributed by atoms with van der Waals surface area (Å²) in [5.74, 6) is 0. The number of hydrogen-bond acceptors (Lipinski definition) is 4. The highest BCUT2D eigenvalue weighted by atomic mass is 35.5. The lowest BCUT2D eigenvalue weighted by atomic mass is 9.97. The predicted octanol–water partition coefficient (Wildman–Crippen LogP) is 3.20. The monoisotopic (exact) mass is 451 g/mol. The van der Waals surface area contributed by atoms with Crippen LogP contribution in [0.5, 0.6) is 0 Å². The molecule has 0 fully saturated rings. The van der Waals surface area contributed by atoms with Crippen molar-refractivity contribution >= 4 is 22.8 Å². The van der Waals surface area contributed by atoms with Crippen LogP contribution in [-0.2, 0) is 20.6 Å². The molecule has 0 saturated carbocycles. The van der Waals surface area contributed by atoms with E-state index in [1.54, 1.807) is 13.4 Å². The number of imidazole rings is 1. The SMILES string of the molecule is CN(CCCn1cnc2c1c(=O)n(C)c(=O)n2C)C(c1ccccc1)c1ccc(Cl)cc1. The molecule has 4 aromatic rings. The van der Waals surface area contributed by atoms with E-state index < -0.39 is 0 Å². The highest BCUT2D eigenvalue weighted by Gasteiger charge is 2.19. The van der Waals surface area contributed by atoms with E-state index in [1.165, 1.54) is 22.7 Å². The Kier molecular flexibility index (Phi) is 6.30. The fourth-order valence-electron chi connectivity index (χ4n) is 4.17. The largest absolute Gasteiger partial charge is 0.332 e. The van der Waals surface area contributed by atoms with Gasteiger partial charge in [-0.3, -0.25) is 18.8 Å². The van der Waals surface area contributed by atoms with Crippen LogP contribution in [0.25, 0.3) is 11.2 Å². The molecule has 32 heavy (non-hydrogen) atoms. The standard InChI is InChI=1S/C24H26ClN5O2/c1-27(20(17-8-5-4-6-9-17)18-10-12-19(25)13-11-18)14-7-15-30-16-26-22-21(30)23(31)29(3)24(32)28(22)2/h4-6,8-13,16,20H,7,14-15H2,1-3H3. The van der Waals surface area contributed by atoms with Gasteiger partial charge < -0.3 is 4.57 Å². The first-order valence-corrected chi connectivity index (χ1v) is 10.9. The first kappa shape index (κ1) is 22.0. The number of aromatic nitrogens is 4. The molecule has 1 unspecified atom stereocenters. The van der Waals surface area contributed by atoms with Gasteiger partial charge in [0, 0.05) is 32.2 Å². The van der Waals surface area contributed by atoms with E-state index in [2.05, 4.69) is 41.2 Å². The molecule has 0 bridgehead atoms. The van der Waals surface area contributed by atoms with Gasteiger partial charge in [0.1, 0.15) is 0 Å². The van der Waals surface area contributed by atoms with Crippen LogP contribution in [0.2, 0.25) is 5.02 Å². The average Bonchev–Trinajstić information content (AvgIpc) is 3.22. The Morgan fingerprint density at radius 1 is 0.969 bits per heavy atom. The van der Waals surface area contributed by atoms with Gasteiger partial charge in [0.15, 0.2) is 11.2 Å². The molecule has 0 N–H and O–H groups in total. The summed E-state index contributed by atoms with van der Waals surface area (Å²) in [7, 11) is 5.22. The van der Waals surface area contributed by atoms with Gasteiger partial charge in [0.25, 0.3) is 5.56 Å². The van der Waals surface area contributed by atoms with E-state index in [0.717, 1.165) is 17.5 Å². The van der Waals surface area contributed by atoms with Crippen molar-refractivity contribution in [2.45, 2.75) is 19.0 Å². The van der Waals surface area contributed by atoms with E-state index in [-0.39, 0.29) is 17.3 Å². The number of aryl methyl sites for hydroxylation is 2. The molecule has 0 radical (unpaired) electrons. The number of fused-ring (bicyclic) bond motifs is 1. The summed E-state index contributed by atoms with van der Waals surface area (Å²) in [6, 6.07) is 18.4. The highest BCUT2D eigenvalue weighted by molar-refractivity contribution is 6.30. The zero-order valence-electron chi connectivity index (χ0n) is 18.4. The minimum absolute atomic E-state index is 0.0849. The number of nitrogens with zero attached hydrogens (tertiary/aromatic N) is 5. The van der Waals surface area contributed by atoms with Crippen LogP contribution in [0.3, 0.4) is 0 Å². The third-order valence-electron chi connectivity index (χ3n) is 5.87. The third kappa shape index (κ3) is 4.13. The second-order valence-corrected chi connectivity index (χ2v) is 8.45. The second-order valence-electron chi connectivity index (χ2n) is 8.01. The molecule has 7 nitrogen and oxygen atoms in total. The molecule has 8 heteroatoms. The molecule has 2 heterocycles. The Hall–Kier alpha value is -3.16. The molecule has 0 aliphatic heterocycles. The molecular formula is C24H26ClN5O2. The Balaban J connectivity index is 1.56. The number of hydrogen-bond donors (Lipinski definition) is 0. The molecule has 1 atom stereocenters. The average molecular weight is 452 g/mol. The molecule has 2 aromatic carbocycles. The zero-order valence-corrected chi connectivity index (χ0v) is 19.2. The van der Waals surface area contributed by atoms with Crippen molar-refractivity contribution in [2.75, 3.05) is 13.6 Å². The normalized spacial score (nSPS) is 12.5. The Morgan fingerprint density at radius 3 is 2.31 bits per heavy atom. The van der Waals surface area contributed by atoms with Crippen LogP contribution < -0.4 is 11.2 Å². The summed E-state index contributed by atoms with van der Waals surface area (Å²) in [6.45, 7) is 1.42. The minimum atomic E-state index is -0.374. The van der Waals surface area contributed by atoms with Crippen molar-refractivity contribution in [3.05, 3.63) is 97.9 Å². The zero-order chi connectivity index (χ0) is 22.8. The lowest BCUT2D eigenvalue weighted by Gasteiger charge is -2.29. The van der Waals surface area contributed by atoms with E-state index >= 15 is 0 Å². The molecule has 166 valence electrons.